The number of nitrogen functional groups attached to an aromatic ring is 1. The normalized spacial score (nSPS) is 12.7. The van der Waals surface area contributed by atoms with Crippen LogP contribution in [0.5, 0.6) is 0 Å². The molecule has 1 aromatic carbocycles. The Balaban J connectivity index is 0.00000133. The average molecular weight is 277 g/mol. The zero-order valence-corrected chi connectivity index (χ0v) is 11.0. The molecule has 19 heavy (non-hydrogen) atoms. The van der Waals surface area contributed by atoms with Gasteiger partial charge < -0.3 is 23.5 Å². The number of benzene rings is 1. The molecule has 1 amide bonds. The van der Waals surface area contributed by atoms with E-state index in [1.165, 1.54) is 0 Å². The summed E-state index contributed by atoms with van der Waals surface area (Å²) in [7, 11) is 1.90. The van der Waals surface area contributed by atoms with Gasteiger partial charge in [0.1, 0.15) is 11.4 Å². The maximum absolute atomic E-state index is 12.1. The summed E-state index contributed by atoms with van der Waals surface area (Å²) in [4.78, 5) is 17.1. The van der Waals surface area contributed by atoms with Gasteiger partial charge in [-0.3, -0.25) is 9.69 Å². The maximum atomic E-state index is 12.1. The number of amides is 1. The summed E-state index contributed by atoms with van der Waals surface area (Å²) in [5.74, 6) is 1.21. The third-order valence-electron chi connectivity index (χ3n) is 3.04. The number of H-pyrrole nitrogens is 1. The van der Waals surface area contributed by atoms with Crippen molar-refractivity contribution in [2.45, 2.75) is 0 Å². The fourth-order valence-electron chi connectivity index (χ4n) is 2.13. The standard InChI is InChI=1S/C13H12N4O.ClH/c1-17-10-5-3-2-4-8(10)13(18)15-9-6-7-11(14)16-12(9)17;/h2-7H,1H3,(H2,14,16)(H,15,18);1H. The van der Waals surface area contributed by atoms with Crippen molar-refractivity contribution in [3.8, 4) is 0 Å². The maximum Gasteiger partial charge on any atom is 0.259 e. The van der Waals surface area contributed by atoms with Crippen LogP contribution in [-0.4, -0.2) is 13.0 Å². The molecule has 3 rings (SSSR count). The molecule has 0 fully saturated rings. The van der Waals surface area contributed by atoms with Crippen LogP contribution in [-0.2, 0) is 0 Å². The minimum Gasteiger partial charge on any atom is -1.00 e. The molecule has 2 aromatic rings. The molecule has 0 saturated heterocycles. The third kappa shape index (κ3) is 2.08. The summed E-state index contributed by atoms with van der Waals surface area (Å²) in [6.45, 7) is 0. The summed E-state index contributed by atoms with van der Waals surface area (Å²) in [6, 6.07) is 11.0. The molecular weight excluding hydrogens is 264 g/mol. The molecule has 4 N–H and O–H groups in total. The van der Waals surface area contributed by atoms with Gasteiger partial charge in [-0.15, -0.1) is 0 Å². The van der Waals surface area contributed by atoms with Crippen molar-refractivity contribution in [3.63, 3.8) is 0 Å². The molecule has 0 aliphatic carbocycles. The molecule has 0 bridgehead atoms. The minimum atomic E-state index is -0.116. The topological polar surface area (TPSA) is 72.5 Å². The lowest BCUT2D eigenvalue weighted by Gasteiger charge is -2.14. The van der Waals surface area contributed by atoms with Crippen LogP contribution in [0.4, 0.5) is 23.0 Å². The predicted octanol–water partition coefficient (Wildman–Crippen LogP) is -1.58. The summed E-state index contributed by atoms with van der Waals surface area (Å²) in [5.41, 5.74) is 7.96. The van der Waals surface area contributed by atoms with E-state index in [1.54, 1.807) is 18.2 Å². The first-order valence-electron chi connectivity index (χ1n) is 5.63. The minimum absolute atomic E-state index is 0. The van der Waals surface area contributed by atoms with Crippen LogP contribution in [0.3, 0.4) is 0 Å². The summed E-state index contributed by atoms with van der Waals surface area (Å²) in [6.07, 6.45) is 0. The van der Waals surface area contributed by atoms with Crippen molar-refractivity contribution in [1.82, 2.24) is 0 Å². The van der Waals surface area contributed by atoms with E-state index in [4.69, 9.17) is 5.73 Å². The Bertz CT molecular complexity index is 644. The zero-order valence-electron chi connectivity index (χ0n) is 10.3. The lowest BCUT2D eigenvalue weighted by molar-refractivity contribution is -0.344. The van der Waals surface area contributed by atoms with Crippen LogP contribution in [0.15, 0.2) is 36.4 Å². The summed E-state index contributed by atoms with van der Waals surface area (Å²) >= 11 is 0. The molecule has 98 valence electrons. The number of aromatic amines is 1. The first kappa shape index (κ1) is 13.2. The number of anilines is 4. The Morgan fingerprint density at radius 2 is 1.95 bits per heavy atom. The van der Waals surface area contributed by atoms with Gasteiger partial charge >= 0.3 is 0 Å². The number of nitrogens with zero attached hydrogens (tertiary/aromatic N) is 1. The van der Waals surface area contributed by atoms with Crippen molar-refractivity contribution >= 4 is 28.9 Å². The number of halogens is 1. The summed E-state index contributed by atoms with van der Waals surface area (Å²) in [5, 5.41) is 2.87. The predicted molar refractivity (Wildman–Crippen MR) is 69.9 cm³/mol. The Kier molecular flexibility index (Phi) is 3.31. The first-order chi connectivity index (χ1) is 8.66. The van der Waals surface area contributed by atoms with Gasteiger partial charge in [0.05, 0.1) is 12.6 Å². The fraction of sp³-hybridized carbons (Fsp3) is 0.0769. The fourth-order valence-corrected chi connectivity index (χ4v) is 2.13. The van der Waals surface area contributed by atoms with Gasteiger partial charge in [-0.1, -0.05) is 12.1 Å². The molecule has 0 saturated carbocycles. The number of nitrogens with two attached hydrogens (primary N) is 1. The van der Waals surface area contributed by atoms with E-state index in [1.807, 2.05) is 30.1 Å². The molecule has 0 unspecified atom stereocenters. The van der Waals surface area contributed by atoms with Gasteiger partial charge in [-0.05, 0) is 18.2 Å². The largest absolute Gasteiger partial charge is 1.00 e. The number of carbonyl (C=O) groups excluding carboxylic acids is 1. The van der Waals surface area contributed by atoms with Crippen LogP contribution in [0, 0.1) is 0 Å². The van der Waals surface area contributed by atoms with Crippen LogP contribution in [0.25, 0.3) is 0 Å². The number of fused-ring (bicyclic) bond motifs is 2. The van der Waals surface area contributed by atoms with Crippen molar-refractivity contribution in [1.29, 1.82) is 0 Å². The van der Waals surface area contributed by atoms with E-state index < -0.39 is 0 Å². The highest BCUT2D eigenvalue weighted by atomic mass is 35.5. The quantitative estimate of drug-likeness (QED) is 0.610. The molecule has 1 aliphatic heterocycles. The van der Waals surface area contributed by atoms with Gasteiger partial charge in [-0.25, -0.2) is 4.98 Å². The van der Waals surface area contributed by atoms with Gasteiger partial charge in [0, 0.05) is 6.07 Å². The van der Waals surface area contributed by atoms with Crippen LogP contribution in [0.1, 0.15) is 10.4 Å². The van der Waals surface area contributed by atoms with E-state index >= 15 is 0 Å². The van der Waals surface area contributed by atoms with Crippen LogP contribution < -0.4 is 33.3 Å². The van der Waals surface area contributed by atoms with Gasteiger partial charge in [-0.2, -0.15) is 0 Å². The Morgan fingerprint density at radius 1 is 1.21 bits per heavy atom. The molecule has 0 radical (unpaired) electrons. The molecule has 6 heteroatoms. The van der Waals surface area contributed by atoms with E-state index in [0.29, 0.717) is 17.1 Å². The molecule has 0 spiro atoms. The number of hydrogen-bond acceptors (Lipinski definition) is 3. The highest BCUT2D eigenvalue weighted by Crippen LogP contribution is 2.33. The number of para-hydroxylation sites is 1. The Labute approximate surface area is 116 Å². The average Bonchev–Trinajstić information content (AvgIpc) is 2.48. The molecular formula is C13H13ClN4O. The first-order valence-corrected chi connectivity index (χ1v) is 5.63. The van der Waals surface area contributed by atoms with E-state index in [2.05, 4.69) is 10.3 Å². The summed E-state index contributed by atoms with van der Waals surface area (Å²) < 4.78 is 0. The second-order valence-corrected chi connectivity index (χ2v) is 4.21. The second-order valence-electron chi connectivity index (χ2n) is 4.21. The molecule has 2 heterocycles. The number of pyridine rings is 1. The van der Waals surface area contributed by atoms with E-state index in [0.717, 1.165) is 11.5 Å². The van der Waals surface area contributed by atoms with E-state index in [9.17, 15) is 4.79 Å². The van der Waals surface area contributed by atoms with Crippen LogP contribution in [0.2, 0.25) is 0 Å². The number of rotatable bonds is 0. The van der Waals surface area contributed by atoms with E-state index in [-0.39, 0.29) is 18.3 Å². The van der Waals surface area contributed by atoms with Gasteiger partial charge in [0.15, 0.2) is 0 Å². The van der Waals surface area contributed by atoms with Gasteiger partial charge in [0.2, 0.25) is 11.6 Å². The van der Waals surface area contributed by atoms with Gasteiger partial charge in [0.25, 0.3) is 5.91 Å². The molecule has 1 aliphatic rings. The van der Waals surface area contributed by atoms with Crippen molar-refractivity contribution in [2.24, 2.45) is 0 Å². The lowest BCUT2D eigenvalue weighted by Crippen LogP contribution is -3.00. The molecule has 0 atom stereocenters. The Morgan fingerprint density at radius 3 is 2.74 bits per heavy atom. The number of nitrogens with one attached hydrogen (secondary N) is 2. The second kappa shape index (κ2) is 4.78. The highest BCUT2D eigenvalue weighted by Gasteiger charge is 2.27. The monoisotopic (exact) mass is 276 g/mol. The van der Waals surface area contributed by atoms with Crippen molar-refractivity contribution in [2.75, 3.05) is 23.0 Å². The van der Waals surface area contributed by atoms with Crippen molar-refractivity contribution in [3.05, 3.63) is 42.0 Å². The zero-order chi connectivity index (χ0) is 12.7. The highest BCUT2D eigenvalue weighted by molar-refractivity contribution is 6.11. The van der Waals surface area contributed by atoms with Crippen LogP contribution >= 0.6 is 0 Å². The lowest BCUT2D eigenvalue weighted by atomic mass is 10.1. The SMILES string of the molecule is CN1c2ccccc2C(=O)Nc2ccc(N)[nH+]c21.[Cl-]. The van der Waals surface area contributed by atoms with Crippen molar-refractivity contribution < 1.29 is 22.2 Å². The molecule has 5 nitrogen and oxygen atoms in total. The third-order valence-corrected chi connectivity index (χ3v) is 3.04. The number of carbonyl (C=O) groups is 1. The molecule has 1 aromatic heterocycles. The number of aromatic nitrogens is 1. The Hall–Kier alpha value is -2.27. The number of hydrogen-bond donors (Lipinski definition) is 2. The smallest absolute Gasteiger partial charge is 0.259 e.